The van der Waals surface area contributed by atoms with Gasteiger partial charge < -0.3 is 9.72 Å². The summed E-state index contributed by atoms with van der Waals surface area (Å²) in [5.74, 6) is 0.238. The summed E-state index contributed by atoms with van der Waals surface area (Å²) in [6, 6.07) is 6.36. The van der Waals surface area contributed by atoms with E-state index in [0.29, 0.717) is 17.1 Å². The number of methoxy groups -OCH3 is 1. The topological polar surface area (TPSA) is 55.0 Å². The van der Waals surface area contributed by atoms with E-state index in [2.05, 4.69) is 28.2 Å². The van der Waals surface area contributed by atoms with Crippen molar-refractivity contribution in [2.45, 2.75) is 26.2 Å². The molecule has 1 aliphatic rings. The number of carbonyl (C=O) groups is 1. The Balaban J connectivity index is 2.08. The molecule has 1 heterocycles. The number of aromatic amines is 1. The highest BCUT2D eigenvalue weighted by atomic mass is 32.1. The number of carbonyl (C=O) groups excluding carboxylic acids is 1. The molecule has 1 aromatic heterocycles. The Bertz CT molecular complexity index is 780. The highest BCUT2D eigenvalue weighted by Crippen LogP contribution is 2.27. The minimum atomic E-state index is -0.457. The van der Waals surface area contributed by atoms with Gasteiger partial charge in [0.2, 0.25) is 0 Å². The van der Waals surface area contributed by atoms with E-state index in [0.717, 1.165) is 18.4 Å². The summed E-state index contributed by atoms with van der Waals surface area (Å²) in [6.45, 7) is 1.81. The first kappa shape index (κ1) is 13.9. The second kappa shape index (κ2) is 5.41. The molecule has 2 aromatic rings. The molecule has 21 heavy (non-hydrogen) atoms. The monoisotopic (exact) mass is 300 g/mol. The molecule has 1 aromatic carbocycles. The van der Waals surface area contributed by atoms with Crippen molar-refractivity contribution in [1.29, 1.82) is 0 Å². The summed E-state index contributed by atoms with van der Waals surface area (Å²) >= 11 is 5.24. The average molecular weight is 300 g/mol. The zero-order valence-electron chi connectivity index (χ0n) is 12.0. The van der Waals surface area contributed by atoms with Crippen LogP contribution in [-0.4, -0.2) is 23.0 Å². The van der Waals surface area contributed by atoms with Crippen LogP contribution in [0.2, 0.25) is 0 Å². The van der Waals surface area contributed by atoms with Crippen molar-refractivity contribution in [1.82, 2.24) is 9.97 Å². The van der Waals surface area contributed by atoms with Crippen molar-refractivity contribution in [3.05, 3.63) is 45.2 Å². The molecule has 108 valence electrons. The van der Waals surface area contributed by atoms with Gasteiger partial charge in [-0.1, -0.05) is 24.4 Å². The fourth-order valence-corrected chi connectivity index (χ4v) is 3.11. The first-order valence-electron chi connectivity index (χ1n) is 6.91. The van der Waals surface area contributed by atoms with Crippen molar-refractivity contribution in [3.8, 4) is 11.4 Å². The third kappa shape index (κ3) is 2.49. The number of nitrogens with one attached hydrogen (secondary N) is 1. The van der Waals surface area contributed by atoms with Crippen LogP contribution in [0.15, 0.2) is 18.2 Å². The highest BCUT2D eigenvalue weighted by Gasteiger charge is 2.16. The zero-order valence-corrected chi connectivity index (χ0v) is 12.8. The van der Waals surface area contributed by atoms with Crippen LogP contribution in [0, 0.1) is 11.6 Å². The molecule has 0 saturated heterocycles. The summed E-state index contributed by atoms with van der Waals surface area (Å²) in [4.78, 5) is 19.2. The molecule has 1 aliphatic carbocycles. The third-order valence-electron chi connectivity index (χ3n) is 3.87. The summed E-state index contributed by atoms with van der Waals surface area (Å²) in [5.41, 5.74) is 4.81. The number of esters is 1. The summed E-state index contributed by atoms with van der Waals surface area (Å²) in [7, 11) is 1.34. The standard InChI is InChI=1S/C16H16N2O2S/c1-9-13(16(19)20-2)15(21)18-14(17-9)12-7-6-10-4-3-5-11(10)8-12/h6-8H,3-5H2,1-2H3,(H,17,18,21). The third-order valence-corrected chi connectivity index (χ3v) is 4.16. The highest BCUT2D eigenvalue weighted by molar-refractivity contribution is 7.71. The van der Waals surface area contributed by atoms with Crippen LogP contribution in [-0.2, 0) is 17.6 Å². The van der Waals surface area contributed by atoms with Gasteiger partial charge in [0, 0.05) is 11.3 Å². The lowest BCUT2D eigenvalue weighted by Gasteiger charge is -2.09. The maximum atomic E-state index is 11.7. The van der Waals surface area contributed by atoms with E-state index in [9.17, 15) is 4.79 Å². The number of hydrogen-bond acceptors (Lipinski definition) is 4. The fraction of sp³-hybridized carbons (Fsp3) is 0.312. The Hall–Kier alpha value is -2.01. The molecule has 0 spiro atoms. The molecule has 0 amide bonds. The second-order valence-corrected chi connectivity index (χ2v) is 5.61. The van der Waals surface area contributed by atoms with Crippen LogP contribution >= 0.6 is 12.2 Å². The van der Waals surface area contributed by atoms with Crippen molar-refractivity contribution >= 4 is 18.2 Å². The molecule has 0 saturated carbocycles. The average Bonchev–Trinajstić information content (AvgIpc) is 2.93. The van der Waals surface area contributed by atoms with Crippen LogP contribution in [0.3, 0.4) is 0 Å². The van der Waals surface area contributed by atoms with Crippen molar-refractivity contribution < 1.29 is 9.53 Å². The Morgan fingerprint density at radius 3 is 2.81 bits per heavy atom. The first-order valence-corrected chi connectivity index (χ1v) is 7.32. The lowest BCUT2D eigenvalue weighted by molar-refractivity contribution is 0.0598. The molecule has 0 atom stereocenters. The Morgan fingerprint density at radius 2 is 2.10 bits per heavy atom. The van der Waals surface area contributed by atoms with Gasteiger partial charge >= 0.3 is 5.97 Å². The molecule has 0 bridgehead atoms. The number of nitrogens with zero attached hydrogens (tertiary/aromatic N) is 1. The number of H-pyrrole nitrogens is 1. The van der Waals surface area contributed by atoms with Crippen LogP contribution < -0.4 is 0 Å². The van der Waals surface area contributed by atoms with Gasteiger partial charge in [-0.05, 0) is 43.4 Å². The maximum absolute atomic E-state index is 11.7. The fourth-order valence-electron chi connectivity index (χ4n) is 2.78. The predicted octanol–water partition coefficient (Wildman–Crippen LogP) is 3.39. The number of aryl methyl sites for hydroxylation is 3. The SMILES string of the molecule is COC(=O)c1c(C)[nH]c(-c2ccc3c(c2)CCC3)nc1=S. The van der Waals surface area contributed by atoms with E-state index in [1.165, 1.54) is 24.7 Å². The normalized spacial score (nSPS) is 13.0. The van der Waals surface area contributed by atoms with E-state index in [-0.39, 0.29) is 4.64 Å². The van der Waals surface area contributed by atoms with Crippen molar-refractivity contribution in [2.24, 2.45) is 0 Å². The largest absolute Gasteiger partial charge is 0.465 e. The summed E-state index contributed by atoms with van der Waals surface area (Å²) in [6.07, 6.45) is 3.48. The lowest BCUT2D eigenvalue weighted by Crippen LogP contribution is -2.09. The van der Waals surface area contributed by atoms with Gasteiger partial charge in [-0.25, -0.2) is 9.78 Å². The summed E-state index contributed by atoms with van der Waals surface area (Å²) in [5, 5.41) is 0. The number of fused-ring (bicyclic) bond motifs is 1. The van der Waals surface area contributed by atoms with Gasteiger partial charge in [0.25, 0.3) is 0 Å². The summed E-state index contributed by atoms with van der Waals surface area (Å²) < 4.78 is 5.01. The minimum absolute atomic E-state index is 0.272. The molecule has 5 heteroatoms. The molecule has 4 nitrogen and oxygen atoms in total. The Labute approximate surface area is 128 Å². The zero-order chi connectivity index (χ0) is 15.0. The lowest BCUT2D eigenvalue weighted by atomic mass is 10.1. The Kier molecular flexibility index (Phi) is 3.59. The van der Waals surface area contributed by atoms with E-state index in [1.54, 1.807) is 6.92 Å². The predicted molar refractivity (Wildman–Crippen MR) is 83.0 cm³/mol. The number of rotatable bonds is 2. The number of aromatic nitrogens is 2. The van der Waals surface area contributed by atoms with Gasteiger partial charge in [0.15, 0.2) is 0 Å². The molecule has 0 fully saturated rings. The molecule has 0 aliphatic heterocycles. The number of benzene rings is 1. The quantitative estimate of drug-likeness (QED) is 0.682. The van der Waals surface area contributed by atoms with Crippen LogP contribution in [0.25, 0.3) is 11.4 Å². The molecule has 0 radical (unpaired) electrons. The molecule has 0 unspecified atom stereocenters. The van der Waals surface area contributed by atoms with E-state index in [4.69, 9.17) is 17.0 Å². The number of hydrogen-bond donors (Lipinski definition) is 1. The molecule has 3 rings (SSSR count). The van der Waals surface area contributed by atoms with Gasteiger partial charge in [0.05, 0.1) is 7.11 Å². The van der Waals surface area contributed by atoms with Gasteiger partial charge in [-0.15, -0.1) is 0 Å². The Morgan fingerprint density at radius 1 is 1.33 bits per heavy atom. The van der Waals surface area contributed by atoms with E-state index in [1.807, 2.05) is 0 Å². The van der Waals surface area contributed by atoms with Crippen molar-refractivity contribution in [2.75, 3.05) is 7.11 Å². The van der Waals surface area contributed by atoms with Gasteiger partial charge in [-0.3, -0.25) is 0 Å². The van der Waals surface area contributed by atoms with Gasteiger partial charge in [0.1, 0.15) is 16.0 Å². The minimum Gasteiger partial charge on any atom is -0.465 e. The molecular weight excluding hydrogens is 284 g/mol. The van der Waals surface area contributed by atoms with E-state index >= 15 is 0 Å². The first-order chi connectivity index (χ1) is 10.1. The van der Waals surface area contributed by atoms with Crippen LogP contribution in [0.1, 0.15) is 33.6 Å². The van der Waals surface area contributed by atoms with E-state index < -0.39 is 5.97 Å². The van der Waals surface area contributed by atoms with Crippen molar-refractivity contribution in [3.63, 3.8) is 0 Å². The smallest absolute Gasteiger partial charge is 0.342 e. The second-order valence-electron chi connectivity index (χ2n) is 5.22. The van der Waals surface area contributed by atoms with Crippen LogP contribution in [0.4, 0.5) is 0 Å². The molecule has 1 N–H and O–H groups in total. The van der Waals surface area contributed by atoms with Gasteiger partial charge in [-0.2, -0.15) is 0 Å². The molecular formula is C16H16N2O2S. The van der Waals surface area contributed by atoms with Crippen LogP contribution in [0.5, 0.6) is 0 Å². The number of ether oxygens (including phenoxy) is 1. The maximum Gasteiger partial charge on any atom is 0.342 e.